The summed E-state index contributed by atoms with van der Waals surface area (Å²) in [5, 5.41) is 76.5. The first-order chi connectivity index (χ1) is 47.8. The van der Waals surface area contributed by atoms with Crippen LogP contribution < -0.4 is 16.8 Å². The first kappa shape index (κ1) is 84.2. The van der Waals surface area contributed by atoms with E-state index in [1.807, 2.05) is 21.9 Å². The van der Waals surface area contributed by atoms with Crippen LogP contribution in [0.5, 0.6) is 0 Å². The molecule has 35 nitrogen and oxygen atoms in total. The molecule has 0 saturated carbocycles. The van der Waals surface area contributed by atoms with Gasteiger partial charge in [0.15, 0.2) is 5.78 Å². The molecule has 3 saturated heterocycles. The van der Waals surface area contributed by atoms with Gasteiger partial charge in [-0.15, -0.1) is 0 Å². The third-order valence-corrected chi connectivity index (χ3v) is 16.6. The number of hydrogen-bond donors (Lipinski definition) is 11. The number of rotatable bonds is 37. The molecule has 3 fully saturated rings. The van der Waals surface area contributed by atoms with Crippen molar-refractivity contribution in [2.24, 2.45) is 11.5 Å². The normalized spacial score (nSPS) is 16.6. The molecular formula is C65H103N17O18. The molecule has 0 aliphatic carbocycles. The van der Waals surface area contributed by atoms with E-state index >= 15 is 0 Å². The van der Waals surface area contributed by atoms with Crippen molar-refractivity contribution in [3.8, 4) is 0 Å². The highest BCUT2D eigenvalue weighted by molar-refractivity contribution is 5.95. The van der Waals surface area contributed by atoms with Crippen LogP contribution in [-0.4, -0.2) is 385 Å². The highest BCUT2D eigenvalue weighted by atomic mass is 16.4. The van der Waals surface area contributed by atoms with Gasteiger partial charge in [0.25, 0.3) is 5.91 Å². The number of aromatic nitrogens is 3. The Kier molecular flexibility index (Phi) is 40.3. The fraction of sp³-hybridized carbons (Fsp3) is 0.615. The van der Waals surface area contributed by atoms with Gasteiger partial charge in [0.2, 0.25) is 0 Å². The molecule has 0 spiro atoms. The Bertz CT molecular complexity index is 2900. The molecule has 3 aliphatic heterocycles. The maximum Gasteiger partial charge on any atom is 0.317 e. The number of amides is 1. The average molecular weight is 1410 g/mol. The quantitative estimate of drug-likeness (QED) is 0.0205. The summed E-state index contributed by atoms with van der Waals surface area (Å²) < 4.78 is 0. The van der Waals surface area contributed by atoms with E-state index in [1.165, 1.54) is 12.4 Å². The number of aliphatic carboxylic acids is 8. The van der Waals surface area contributed by atoms with Crippen LogP contribution in [0.2, 0.25) is 0 Å². The Morgan fingerprint density at radius 3 is 1.07 bits per heavy atom. The Morgan fingerprint density at radius 2 is 0.740 bits per heavy atom. The Morgan fingerprint density at radius 1 is 0.390 bits per heavy atom. The van der Waals surface area contributed by atoms with Crippen molar-refractivity contribution >= 4 is 59.4 Å². The molecule has 3 aliphatic rings. The van der Waals surface area contributed by atoms with E-state index in [0.717, 1.165) is 24.2 Å². The predicted molar refractivity (Wildman–Crippen MR) is 364 cm³/mol. The number of nitrogens with two attached hydrogens (primary N) is 2. The number of pyridine rings is 3. The third kappa shape index (κ3) is 37.9. The van der Waals surface area contributed by atoms with Crippen LogP contribution in [0.1, 0.15) is 63.5 Å². The van der Waals surface area contributed by atoms with E-state index < -0.39 is 47.8 Å². The van der Waals surface area contributed by atoms with Gasteiger partial charge in [-0.2, -0.15) is 0 Å². The van der Waals surface area contributed by atoms with Crippen molar-refractivity contribution in [3.05, 3.63) is 89.3 Å². The van der Waals surface area contributed by atoms with E-state index in [4.69, 9.17) is 31.9 Å². The van der Waals surface area contributed by atoms with Crippen LogP contribution in [-0.2, 0) is 58.0 Å². The zero-order chi connectivity index (χ0) is 73.2. The fourth-order valence-corrected chi connectivity index (χ4v) is 11.1. The molecule has 100 heavy (non-hydrogen) atoms. The Balaban J connectivity index is 0.000000321. The number of unbranched alkanes of at least 4 members (excludes halogenated alkanes) is 1. The molecule has 13 N–H and O–H groups in total. The van der Waals surface area contributed by atoms with Gasteiger partial charge in [-0.05, 0) is 68.8 Å². The molecule has 1 amide bonds. The first-order valence-electron chi connectivity index (χ1n) is 33.6. The third-order valence-electron chi connectivity index (χ3n) is 16.6. The van der Waals surface area contributed by atoms with Crippen LogP contribution in [0.4, 0.5) is 0 Å². The average Bonchev–Trinajstić information content (AvgIpc) is 0.947. The molecule has 0 aromatic carbocycles. The van der Waals surface area contributed by atoms with Crippen LogP contribution in [0.3, 0.4) is 0 Å². The minimum Gasteiger partial charge on any atom is -0.480 e. The van der Waals surface area contributed by atoms with Crippen molar-refractivity contribution in [2.45, 2.75) is 45.3 Å². The summed E-state index contributed by atoms with van der Waals surface area (Å²) in [6.45, 7) is 13.7. The Labute approximate surface area is 582 Å². The maximum atomic E-state index is 12.3. The summed E-state index contributed by atoms with van der Waals surface area (Å²) in [6, 6.07) is 12.5. The summed E-state index contributed by atoms with van der Waals surface area (Å²) in [7, 11) is 0. The summed E-state index contributed by atoms with van der Waals surface area (Å²) >= 11 is 0. The number of ketones is 1. The Hall–Kier alpha value is -8.17. The lowest BCUT2D eigenvalue weighted by molar-refractivity contribution is -0.140. The summed E-state index contributed by atoms with van der Waals surface area (Å²) in [4.78, 5) is 148. The highest BCUT2D eigenvalue weighted by Crippen LogP contribution is 2.12. The largest absolute Gasteiger partial charge is 0.480 e. The van der Waals surface area contributed by atoms with E-state index in [0.29, 0.717) is 206 Å². The van der Waals surface area contributed by atoms with E-state index in [1.54, 1.807) is 65.9 Å². The molecule has 0 atom stereocenters. The lowest BCUT2D eigenvalue weighted by atomic mass is 10.1. The highest BCUT2D eigenvalue weighted by Gasteiger charge is 2.25. The minimum absolute atomic E-state index is 0.00164. The standard InChI is InChI=1S/C25H40N6O7.C20H32N6O5.C20H31N5O6/c26-6-2-1-3-22(32)20-4-5-21(27-15-20)16-31(19-25(37)38)14-9-28-7-10-29(17-23(33)34)12-13-30(11-8-28)18-24(35)36;21-4-1-5-22-20(31)16-2-3-17(23-12-16)13-24-6-8-25(14-18(27)28)10-11-26(9-7-24)15-19(29)30;26-18(27)14-23-8-5-22(6-9-24(11-10-23)15-19(28)29)7-12-25(16-20(30)31)13-17-3-1-2-4-21-17/h4-5,15H,1-3,6-14,16-19,26H2,(H,33,34)(H,35,36)(H,37,38);2-3,12H,1,4-11,13-15,21H2,(H,22,31)(H,27,28)(H,29,30);1-4H,5-16H2,(H,26,27)(H,28,29)(H,30,31). The number of nitrogens with one attached hydrogen (secondary N) is 1. The molecule has 6 rings (SSSR count). The van der Waals surface area contributed by atoms with E-state index in [2.05, 4.69) is 35.0 Å². The molecule has 556 valence electrons. The van der Waals surface area contributed by atoms with Gasteiger partial charge in [0.05, 0.1) is 75.0 Å². The van der Waals surface area contributed by atoms with Gasteiger partial charge in [0.1, 0.15) is 0 Å². The monoisotopic (exact) mass is 1410 g/mol. The number of carbonyl (C=O) groups excluding carboxylic acids is 2. The van der Waals surface area contributed by atoms with Gasteiger partial charge in [-0.1, -0.05) is 6.07 Å². The fourth-order valence-electron chi connectivity index (χ4n) is 11.1. The molecule has 35 heteroatoms. The lowest BCUT2D eigenvalue weighted by Crippen LogP contribution is -2.42. The van der Waals surface area contributed by atoms with Crippen molar-refractivity contribution in [3.63, 3.8) is 0 Å². The van der Waals surface area contributed by atoms with Gasteiger partial charge in [-0.3, -0.25) is 117 Å². The molecule has 0 bridgehead atoms. The summed E-state index contributed by atoms with van der Waals surface area (Å²) in [5.74, 6) is -7.60. The number of Topliss-reactive ketones (excluding diaryl/α,β-unsaturated/α-hetero) is 1. The lowest BCUT2D eigenvalue weighted by Gasteiger charge is -2.28. The van der Waals surface area contributed by atoms with Crippen LogP contribution >= 0.6 is 0 Å². The van der Waals surface area contributed by atoms with Crippen molar-refractivity contribution in [1.82, 2.24) is 74.2 Å². The number of carbonyl (C=O) groups is 10. The van der Waals surface area contributed by atoms with Gasteiger partial charge in [-0.25, -0.2) is 0 Å². The molecule has 0 unspecified atom stereocenters. The van der Waals surface area contributed by atoms with Crippen LogP contribution in [0.15, 0.2) is 61.1 Å². The molecule has 3 aromatic heterocycles. The first-order valence-corrected chi connectivity index (χ1v) is 33.6. The predicted octanol–water partition coefficient (Wildman–Crippen LogP) is -2.83. The zero-order valence-electron chi connectivity index (χ0n) is 57.1. The zero-order valence-corrected chi connectivity index (χ0v) is 57.1. The summed E-state index contributed by atoms with van der Waals surface area (Å²) in [6.07, 6.45) is 7.36. The second kappa shape index (κ2) is 47.8. The minimum atomic E-state index is -0.971. The molecular weight excluding hydrogens is 1310 g/mol. The smallest absolute Gasteiger partial charge is 0.317 e. The molecule has 3 aromatic rings. The van der Waals surface area contributed by atoms with Crippen molar-refractivity contribution < 1.29 is 88.8 Å². The van der Waals surface area contributed by atoms with E-state index in [-0.39, 0.29) is 70.6 Å². The number of nitrogens with zero attached hydrogens (tertiary/aromatic N) is 14. The second-order valence-electron chi connectivity index (χ2n) is 24.7. The van der Waals surface area contributed by atoms with Gasteiger partial charge < -0.3 is 57.6 Å². The number of hydrogen-bond acceptors (Lipinski definition) is 26. The van der Waals surface area contributed by atoms with Crippen molar-refractivity contribution in [1.29, 1.82) is 0 Å². The van der Waals surface area contributed by atoms with Gasteiger partial charge >= 0.3 is 47.8 Å². The van der Waals surface area contributed by atoms with Crippen molar-refractivity contribution in [2.75, 3.05) is 216 Å². The molecule has 0 radical (unpaired) electrons. The SMILES string of the molecule is NCCCCC(=O)c1ccc(CN(CCN2CCN(CC(=O)O)CCN(CC(=O)O)CC2)CC(=O)O)nc1.NCCCNC(=O)c1ccc(CN2CCN(CC(=O)O)CCN(CC(=O)O)CC2)nc1.O=C(O)CN1CCN(CCN(CC(=O)O)Cc2ccccn2)CCN(CC(=O)O)CC1. The molecule has 6 heterocycles. The second-order valence-corrected chi connectivity index (χ2v) is 24.7. The topological polar surface area (TPSA) is 471 Å². The van der Waals surface area contributed by atoms with Crippen LogP contribution in [0, 0.1) is 0 Å². The number of carboxylic acid groups (broad SMARTS) is 8. The maximum absolute atomic E-state index is 12.3. The van der Waals surface area contributed by atoms with E-state index in [9.17, 15) is 68.4 Å². The number of carboxylic acids is 8. The van der Waals surface area contributed by atoms with Gasteiger partial charge in [0, 0.05) is 201 Å². The summed E-state index contributed by atoms with van der Waals surface area (Å²) in [5.41, 5.74) is 14.1. The van der Waals surface area contributed by atoms with Crippen LogP contribution in [0.25, 0.3) is 0 Å².